The molecule has 4 aromatic carbocycles. The Bertz CT molecular complexity index is 2260. The molecule has 1 N–H and O–H groups in total. The molecular formula is C41H41FN4O5Si. The number of fused-ring (bicyclic) bond motifs is 4. The number of aromatic nitrogens is 2. The number of carbonyl (C=O) groups excluding carboxylic acids is 2. The highest BCUT2D eigenvalue weighted by atomic mass is 28.4. The molecule has 1 aromatic heterocycles. The fourth-order valence-electron chi connectivity index (χ4n) is 8.89. The predicted molar refractivity (Wildman–Crippen MR) is 199 cm³/mol. The molecule has 1 fully saturated rings. The number of aliphatic hydroxyl groups excluding tert-OH is 1. The third-order valence-corrected chi connectivity index (χ3v) is 13.8. The second-order valence-electron chi connectivity index (χ2n) is 14.8. The molecule has 11 heteroatoms. The molecule has 8 rings (SSSR count). The maximum atomic E-state index is 16.4. The van der Waals surface area contributed by atoms with Crippen molar-refractivity contribution < 1.29 is 23.5 Å². The van der Waals surface area contributed by atoms with Crippen molar-refractivity contribution in [1.29, 1.82) is 0 Å². The van der Waals surface area contributed by atoms with E-state index in [-0.39, 0.29) is 36.9 Å². The second-order valence-corrected chi connectivity index (χ2v) is 18.6. The maximum Gasteiger partial charge on any atom is 0.279 e. The fraction of sp³-hybridized carbons (Fsp3) is 0.317. The summed E-state index contributed by atoms with van der Waals surface area (Å²) in [7, 11) is -3.50. The lowest BCUT2D eigenvalue weighted by molar-refractivity contribution is -0.151. The molecule has 3 aliphatic rings. The van der Waals surface area contributed by atoms with Crippen LogP contribution in [0.3, 0.4) is 0 Å². The summed E-state index contributed by atoms with van der Waals surface area (Å²) in [5.74, 6) is -1.04. The Balaban J connectivity index is 1.08. The fourth-order valence-corrected chi connectivity index (χ4v) is 11.4. The molecule has 0 aliphatic carbocycles. The van der Waals surface area contributed by atoms with E-state index < -0.39 is 37.6 Å². The molecule has 0 radical (unpaired) electrons. The number of hydrogen-bond donors (Lipinski definition) is 1. The Hall–Kier alpha value is -4.97. The number of rotatable bonds is 7. The van der Waals surface area contributed by atoms with Gasteiger partial charge in [-0.3, -0.25) is 14.4 Å². The van der Waals surface area contributed by atoms with Crippen molar-refractivity contribution in [2.75, 3.05) is 11.5 Å². The SMILES string of the molecule is C[C@@H]1[C@@H]([Si](C)(C)F)[C@H](CC(=O)N2Cc3ccccc3C[C@H]2CO)O[C@@]12C(=O)N(Cc1ccc(-n3ncc4ccccc4c3=O)cc1)c1ccccc12. The van der Waals surface area contributed by atoms with Crippen LogP contribution in [0.2, 0.25) is 18.6 Å². The number of anilines is 1. The van der Waals surface area contributed by atoms with E-state index >= 15 is 4.11 Å². The highest BCUT2D eigenvalue weighted by molar-refractivity contribution is 6.72. The second kappa shape index (κ2) is 12.9. The lowest BCUT2D eigenvalue weighted by Gasteiger charge is -2.37. The van der Waals surface area contributed by atoms with Crippen LogP contribution in [0.1, 0.15) is 35.6 Å². The van der Waals surface area contributed by atoms with Crippen LogP contribution < -0.4 is 10.5 Å². The van der Waals surface area contributed by atoms with Gasteiger partial charge in [0.05, 0.1) is 54.7 Å². The van der Waals surface area contributed by atoms with Gasteiger partial charge in [-0.25, -0.2) is 0 Å². The number of carbonyl (C=O) groups is 2. The molecule has 266 valence electrons. The smallest absolute Gasteiger partial charge is 0.279 e. The van der Waals surface area contributed by atoms with Gasteiger partial charge in [0.1, 0.15) is 0 Å². The van der Waals surface area contributed by atoms with Crippen molar-refractivity contribution in [3.63, 3.8) is 0 Å². The Morgan fingerprint density at radius 3 is 2.40 bits per heavy atom. The Labute approximate surface area is 302 Å². The lowest BCUT2D eigenvalue weighted by Crippen LogP contribution is -2.48. The van der Waals surface area contributed by atoms with Crippen molar-refractivity contribution in [3.8, 4) is 5.69 Å². The minimum Gasteiger partial charge on any atom is -0.394 e. The van der Waals surface area contributed by atoms with E-state index in [0.29, 0.717) is 35.3 Å². The highest BCUT2D eigenvalue weighted by Gasteiger charge is 2.67. The van der Waals surface area contributed by atoms with Crippen molar-refractivity contribution in [3.05, 3.63) is 136 Å². The number of halogens is 1. The number of hydrogen-bond acceptors (Lipinski definition) is 6. The van der Waals surface area contributed by atoms with Gasteiger partial charge in [-0.2, -0.15) is 9.78 Å². The van der Waals surface area contributed by atoms with Gasteiger partial charge in [-0.1, -0.05) is 79.7 Å². The summed E-state index contributed by atoms with van der Waals surface area (Å²) >= 11 is 0. The van der Waals surface area contributed by atoms with Gasteiger partial charge in [0.2, 0.25) is 14.3 Å². The summed E-state index contributed by atoms with van der Waals surface area (Å²) in [4.78, 5) is 45.4. The average molecular weight is 717 g/mol. The van der Waals surface area contributed by atoms with Gasteiger partial charge in [0.25, 0.3) is 11.5 Å². The van der Waals surface area contributed by atoms with Gasteiger partial charge in [-0.15, -0.1) is 0 Å². The van der Waals surface area contributed by atoms with Gasteiger partial charge in [-0.05, 0) is 60.5 Å². The summed E-state index contributed by atoms with van der Waals surface area (Å²) in [6.07, 6.45) is 1.29. The molecule has 1 spiro atoms. The normalized spacial score (nSPS) is 24.1. The Morgan fingerprint density at radius 1 is 0.962 bits per heavy atom. The van der Waals surface area contributed by atoms with Gasteiger partial charge >= 0.3 is 0 Å². The molecule has 52 heavy (non-hydrogen) atoms. The number of amides is 2. The van der Waals surface area contributed by atoms with Crippen LogP contribution in [0.5, 0.6) is 0 Å². The average Bonchev–Trinajstić information content (AvgIpc) is 3.57. The molecule has 5 atom stereocenters. The van der Waals surface area contributed by atoms with Crippen molar-refractivity contribution >= 4 is 36.7 Å². The first-order valence-corrected chi connectivity index (χ1v) is 20.8. The third kappa shape index (κ3) is 5.50. The van der Waals surface area contributed by atoms with Crippen LogP contribution in [-0.2, 0) is 39.4 Å². The predicted octanol–water partition coefficient (Wildman–Crippen LogP) is 6.04. The Kier molecular flexibility index (Phi) is 8.47. The first-order chi connectivity index (χ1) is 25.0. The van der Waals surface area contributed by atoms with E-state index in [0.717, 1.165) is 22.1 Å². The number of benzene rings is 4. The molecule has 9 nitrogen and oxygen atoms in total. The van der Waals surface area contributed by atoms with Crippen LogP contribution in [0.15, 0.2) is 108 Å². The zero-order valence-electron chi connectivity index (χ0n) is 29.4. The van der Waals surface area contributed by atoms with Gasteiger partial charge in [0, 0.05) is 29.0 Å². The van der Waals surface area contributed by atoms with E-state index in [1.54, 1.807) is 35.2 Å². The molecule has 2 amide bonds. The number of para-hydroxylation sites is 1. The van der Waals surface area contributed by atoms with E-state index in [2.05, 4.69) is 5.10 Å². The lowest BCUT2D eigenvalue weighted by atomic mass is 9.82. The van der Waals surface area contributed by atoms with Crippen LogP contribution in [-0.4, -0.2) is 58.8 Å². The first-order valence-electron chi connectivity index (χ1n) is 17.8. The molecular weight excluding hydrogens is 676 g/mol. The van der Waals surface area contributed by atoms with Crippen LogP contribution in [0, 0.1) is 5.92 Å². The van der Waals surface area contributed by atoms with Crippen molar-refractivity contribution in [1.82, 2.24) is 14.7 Å². The topological polar surface area (TPSA) is 105 Å². The maximum absolute atomic E-state index is 16.4. The summed E-state index contributed by atoms with van der Waals surface area (Å²) in [5.41, 5.74) is 2.60. The third-order valence-electron chi connectivity index (χ3n) is 11.3. The monoisotopic (exact) mass is 716 g/mol. The zero-order chi connectivity index (χ0) is 36.4. The number of ether oxygens (including phenoxy) is 1. The summed E-state index contributed by atoms with van der Waals surface area (Å²) in [5, 5.41) is 16.0. The molecule has 5 aromatic rings. The van der Waals surface area contributed by atoms with E-state index in [1.165, 1.54) is 4.68 Å². The van der Waals surface area contributed by atoms with Gasteiger partial charge < -0.3 is 23.8 Å². The molecule has 0 bridgehead atoms. The highest BCUT2D eigenvalue weighted by Crippen LogP contribution is 2.60. The zero-order valence-corrected chi connectivity index (χ0v) is 30.4. The van der Waals surface area contributed by atoms with Crippen LogP contribution in [0.25, 0.3) is 16.5 Å². The molecule has 0 unspecified atom stereocenters. The largest absolute Gasteiger partial charge is 0.394 e. The van der Waals surface area contributed by atoms with E-state index in [4.69, 9.17) is 4.74 Å². The summed E-state index contributed by atoms with van der Waals surface area (Å²) in [6, 6.07) is 29.7. The molecule has 3 aliphatic heterocycles. The van der Waals surface area contributed by atoms with E-state index in [1.807, 2.05) is 97.9 Å². The van der Waals surface area contributed by atoms with Crippen LogP contribution in [0.4, 0.5) is 9.80 Å². The first kappa shape index (κ1) is 34.1. The number of nitrogens with zero attached hydrogens (tertiary/aromatic N) is 4. The Morgan fingerprint density at radius 2 is 1.65 bits per heavy atom. The quantitative estimate of drug-likeness (QED) is 0.163. The van der Waals surface area contributed by atoms with Crippen molar-refractivity contribution in [2.45, 2.75) is 69.2 Å². The standard InChI is InChI=1S/C41H41FN4O5Si/c1-26-38(52(2,3)42)36(21-37(48)44-24-30-12-5-4-10-28(30)20-32(44)25-47)51-41(26)34-14-8-9-15-35(34)45(40(41)50)23-27-16-18-31(19-17-27)46-39(49)33-13-7-6-11-29(33)22-43-46/h4-19,22,26,32,36,38,47H,20-21,23-25H2,1-3H3/t26-,32+,36+,38-,41+/m1/s1. The molecule has 4 heterocycles. The minimum atomic E-state index is -3.50. The minimum absolute atomic E-state index is 0.0884. The van der Waals surface area contributed by atoms with Gasteiger partial charge in [0.15, 0.2) is 5.60 Å². The molecule has 1 saturated heterocycles. The van der Waals surface area contributed by atoms with E-state index in [9.17, 15) is 19.5 Å². The van der Waals surface area contributed by atoms with Crippen molar-refractivity contribution in [2.24, 2.45) is 5.92 Å². The summed E-state index contributed by atoms with van der Waals surface area (Å²) < 4.78 is 24.6. The summed E-state index contributed by atoms with van der Waals surface area (Å²) in [6.45, 7) is 5.54. The van der Waals surface area contributed by atoms with Crippen LogP contribution >= 0.6 is 0 Å². The molecule has 0 saturated carbocycles. The number of aliphatic hydroxyl groups is 1.